The Bertz CT molecular complexity index is 681. The molecule has 2 rings (SSSR count). The first-order chi connectivity index (χ1) is 11.9. The first-order valence-electron chi connectivity index (χ1n) is 7.45. The van der Waals surface area contributed by atoms with Gasteiger partial charge in [-0.15, -0.1) is 0 Å². The summed E-state index contributed by atoms with van der Waals surface area (Å²) >= 11 is 0. The summed E-state index contributed by atoms with van der Waals surface area (Å²) in [6, 6.07) is 5.02. The minimum Gasteiger partial charge on any atom is -0.544 e. The minimum atomic E-state index is -3.61. The van der Waals surface area contributed by atoms with Crippen molar-refractivity contribution < 1.29 is 68.7 Å². The average molecular weight is 612 g/mol. The molecule has 2 unspecified atom stereocenters. The Labute approximate surface area is 175 Å². The van der Waals surface area contributed by atoms with Crippen LogP contribution in [0.4, 0.5) is 4.79 Å². The largest absolute Gasteiger partial charge is 0.544 e. The van der Waals surface area contributed by atoms with Crippen LogP contribution in [-0.4, -0.2) is 69.1 Å². The van der Waals surface area contributed by atoms with Crippen LogP contribution in [0.1, 0.15) is 0 Å². The van der Waals surface area contributed by atoms with Gasteiger partial charge < -0.3 is 29.7 Å². The summed E-state index contributed by atoms with van der Waals surface area (Å²) in [6.45, 7) is 0.430. The number of hydrogen-bond acceptors (Lipinski definition) is 8. The van der Waals surface area contributed by atoms with Crippen molar-refractivity contribution in [1.29, 1.82) is 0 Å². The van der Waals surface area contributed by atoms with Crippen LogP contribution in [-0.2, 0) is 19.3 Å². The summed E-state index contributed by atoms with van der Waals surface area (Å²) in [6.07, 6.45) is -2.83. The number of ether oxygens (including phenoxy) is 3. The van der Waals surface area contributed by atoms with Crippen molar-refractivity contribution in [2.75, 3.05) is 26.1 Å². The summed E-state index contributed by atoms with van der Waals surface area (Å²) in [4.78, 5) is 11.7. The number of benzene rings is 1. The first kappa shape index (κ1) is 23.2. The predicted molar refractivity (Wildman–Crippen MR) is 85.6 cm³/mol. The molecule has 1 saturated heterocycles. The number of alkyl carbamates (subject to hydrolysis) is 1. The second-order valence-electron chi connectivity index (χ2n) is 5.28. The second kappa shape index (κ2) is 10.5. The van der Waals surface area contributed by atoms with E-state index in [0.717, 1.165) is 0 Å². The van der Waals surface area contributed by atoms with Gasteiger partial charge in [-0.25, -0.2) is 13.2 Å². The van der Waals surface area contributed by atoms with Gasteiger partial charge in [0.05, 0.1) is 36.6 Å². The second-order valence-corrected chi connectivity index (χ2v) is 7.39. The molecule has 144 valence electrons. The van der Waals surface area contributed by atoms with Crippen LogP contribution in [0.5, 0.6) is 5.75 Å². The SMILES string of the molecule is COc1ccc(S(=O)(=O)CCOC(=O)NC2[CH-]O[C@H](CO)C2O)cc1.[U]. The Kier molecular flexibility index (Phi) is 9.37. The van der Waals surface area contributed by atoms with Crippen molar-refractivity contribution in [1.82, 2.24) is 5.32 Å². The smallest absolute Gasteiger partial charge is 0.405 e. The van der Waals surface area contributed by atoms with Gasteiger partial charge in [0.25, 0.3) is 0 Å². The number of aliphatic hydroxyl groups excluding tert-OH is 2. The molecule has 9 nitrogen and oxygen atoms in total. The molecule has 11 heteroatoms. The van der Waals surface area contributed by atoms with Crippen LogP contribution >= 0.6 is 0 Å². The number of carbonyl (C=O) groups excluding carboxylic acids is 1. The molecular weight excluding hydrogens is 592 g/mol. The number of hydrogen-bond donors (Lipinski definition) is 3. The Hall–Kier alpha value is -0.828. The van der Waals surface area contributed by atoms with E-state index in [9.17, 15) is 18.3 Å². The molecule has 0 saturated carbocycles. The maximum absolute atomic E-state index is 12.1. The van der Waals surface area contributed by atoms with Crippen molar-refractivity contribution in [3.63, 3.8) is 0 Å². The third kappa shape index (κ3) is 6.11. The van der Waals surface area contributed by atoms with Crippen molar-refractivity contribution >= 4 is 15.9 Å². The zero-order valence-corrected chi connectivity index (χ0v) is 19.0. The number of sulfone groups is 1. The monoisotopic (exact) mass is 612 g/mol. The molecule has 1 fully saturated rings. The fraction of sp³-hybridized carbons (Fsp3) is 0.467. The van der Waals surface area contributed by atoms with E-state index in [2.05, 4.69) is 5.32 Å². The molecule has 0 bridgehead atoms. The summed E-state index contributed by atoms with van der Waals surface area (Å²) in [5.74, 6) is 0.142. The summed E-state index contributed by atoms with van der Waals surface area (Å²) in [5.41, 5.74) is 0. The van der Waals surface area contributed by atoms with E-state index in [1.54, 1.807) is 0 Å². The molecule has 1 aliphatic rings. The third-order valence-corrected chi connectivity index (χ3v) is 5.31. The molecule has 1 aromatic rings. The van der Waals surface area contributed by atoms with Gasteiger partial charge in [-0.3, -0.25) is 0 Å². The summed E-state index contributed by atoms with van der Waals surface area (Å²) in [7, 11) is -2.13. The number of amides is 1. The third-order valence-electron chi connectivity index (χ3n) is 3.62. The van der Waals surface area contributed by atoms with Gasteiger partial charge in [0, 0.05) is 31.1 Å². The molecule has 3 N–H and O–H groups in total. The van der Waals surface area contributed by atoms with Gasteiger partial charge in [-0.1, -0.05) is 0 Å². The van der Waals surface area contributed by atoms with Crippen LogP contribution in [0, 0.1) is 37.7 Å². The van der Waals surface area contributed by atoms with E-state index in [4.69, 9.17) is 19.3 Å². The van der Waals surface area contributed by atoms with Crippen LogP contribution in [0.15, 0.2) is 29.2 Å². The van der Waals surface area contributed by atoms with Crippen LogP contribution in [0.3, 0.4) is 0 Å². The zero-order chi connectivity index (χ0) is 18.4. The predicted octanol–water partition coefficient (Wildman–Crippen LogP) is -0.523. The van der Waals surface area contributed by atoms with E-state index in [-0.39, 0.29) is 48.4 Å². The van der Waals surface area contributed by atoms with Gasteiger partial charge in [-0.05, 0) is 30.3 Å². The van der Waals surface area contributed by atoms with Crippen molar-refractivity contribution in [2.45, 2.75) is 23.1 Å². The Balaban J connectivity index is 0.00000338. The van der Waals surface area contributed by atoms with Crippen molar-refractivity contribution in [3.05, 3.63) is 30.9 Å². The molecule has 1 heterocycles. The fourth-order valence-electron chi connectivity index (χ4n) is 2.17. The van der Waals surface area contributed by atoms with Gasteiger partial charge in [0.15, 0.2) is 9.84 Å². The molecule has 1 aliphatic heterocycles. The molecule has 0 aromatic heterocycles. The molecule has 0 spiro atoms. The van der Waals surface area contributed by atoms with E-state index >= 15 is 0 Å². The number of aliphatic hydroxyl groups is 2. The Morgan fingerprint density at radius 2 is 2.00 bits per heavy atom. The number of carbonyl (C=O) groups is 1. The topological polar surface area (TPSA) is 131 Å². The molecule has 1 amide bonds. The number of rotatable bonds is 7. The maximum atomic E-state index is 12.1. The fourth-order valence-corrected chi connectivity index (χ4v) is 3.26. The van der Waals surface area contributed by atoms with Crippen LogP contribution in [0.2, 0.25) is 0 Å². The average Bonchev–Trinajstić information content (AvgIpc) is 2.94. The minimum absolute atomic E-state index is 0. The van der Waals surface area contributed by atoms with Crippen LogP contribution in [0.25, 0.3) is 0 Å². The Morgan fingerprint density at radius 1 is 1.35 bits per heavy atom. The van der Waals surface area contributed by atoms with Gasteiger partial charge >= 0.3 is 6.09 Å². The number of nitrogens with one attached hydrogen (secondary N) is 1. The molecule has 1 aromatic carbocycles. The quantitative estimate of drug-likeness (QED) is 0.351. The van der Waals surface area contributed by atoms with Gasteiger partial charge in [0.1, 0.15) is 12.4 Å². The van der Waals surface area contributed by atoms with Crippen molar-refractivity contribution in [3.8, 4) is 5.75 Å². The summed E-state index contributed by atoms with van der Waals surface area (Å²) in [5, 5.41) is 21.0. The van der Waals surface area contributed by atoms with Gasteiger partial charge in [-0.2, -0.15) is 6.61 Å². The zero-order valence-electron chi connectivity index (χ0n) is 14.0. The summed E-state index contributed by atoms with van der Waals surface area (Å²) < 4.78 is 39.0. The van der Waals surface area contributed by atoms with Crippen LogP contribution < -0.4 is 10.1 Å². The normalized spacial score (nSPS) is 22.3. The molecule has 3 atom stereocenters. The Morgan fingerprint density at radius 3 is 2.54 bits per heavy atom. The first-order valence-corrected chi connectivity index (χ1v) is 9.10. The number of methoxy groups -OCH3 is 1. The molecule has 0 aliphatic carbocycles. The van der Waals surface area contributed by atoms with Crippen molar-refractivity contribution in [2.24, 2.45) is 0 Å². The van der Waals surface area contributed by atoms with Gasteiger partial charge in [0.2, 0.25) is 0 Å². The molecular formula is C15H20NO8SU-. The van der Waals surface area contributed by atoms with E-state index < -0.39 is 40.8 Å². The van der Waals surface area contributed by atoms with E-state index in [1.807, 2.05) is 0 Å². The maximum Gasteiger partial charge on any atom is 0.405 e. The van der Waals surface area contributed by atoms with E-state index in [0.29, 0.717) is 5.75 Å². The molecule has 26 heavy (non-hydrogen) atoms. The van der Waals surface area contributed by atoms with E-state index in [1.165, 1.54) is 38.0 Å². The molecule has 0 radical (unpaired) electrons. The standard InChI is InChI=1S/C15H20NO8S.U/c1-22-10-2-4-11(5-3-10)25(20,21)7-6-23-15(19)16-12-9-24-13(8-17)14(12)18;/h2-5,9,12-14,17-18H,6-8H2,1H3,(H,16,19);/q-1;/t12?,13-,14?;/m1./s1.